The van der Waals surface area contributed by atoms with Gasteiger partial charge in [-0.15, -0.1) is 0 Å². The highest BCUT2D eigenvalue weighted by Gasteiger charge is 2.40. The fourth-order valence-corrected chi connectivity index (χ4v) is 1.87. The van der Waals surface area contributed by atoms with Crippen molar-refractivity contribution in [3.63, 3.8) is 0 Å². The summed E-state index contributed by atoms with van der Waals surface area (Å²) in [4.78, 5) is 10.8. The molecule has 1 saturated heterocycles. The second-order valence-corrected chi connectivity index (χ2v) is 3.88. The third kappa shape index (κ3) is 1.78. The smallest absolute Gasteiger partial charge is 0.323 e. The molecule has 3 nitrogen and oxygen atoms in total. The SMILES string of the molecule is CCCC1CNC(C)(C(=O)O)C1. The Morgan fingerprint density at radius 3 is 2.83 bits per heavy atom. The summed E-state index contributed by atoms with van der Waals surface area (Å²) in [5, 5.41) is 12.0. The molecule has 0 spiro atoms. The maximum absolute atomic E-state index is 10.8. The molecule has 0 amide bonds. The number of aliphatic carboxylic acids is 1. The molecule has 0 aliphatic carbocycles. The van der Waals surface area contributed by atoms with E-state index >= 15 is 0 Å². The summed E-state index contributed by atoms with van der Waals surface area (Å²) in [6.07, 6.45) is 3.05. The predicted octanol–water partition coefficient (Wildman–Crippen LogP) is 1.24. The van der Waals surface area contributed by atoms with E-state index in [2.05, 4.69) is 12.2 Å². The van der Waals surface area contributed by atoms with Gasteiger partial charge in [0.2, 0.25) is 0 Å². The van der Waals surface area contributed by atoms with E-state index in [9.17, 15) is 4.79 Å². The Hall–Kier alpha value is -0.570. The maximum atomic E-state index is 10.8. The van der Waals surface area contributed by atoms with Crippen LogP contribution >= 0.6 is 0 Å². The summed E-state index contributed by atoms with van der Waals surface area (Å²) in [5.41, 5.74) is -0.667. The molecule has 0 saturated carbocycles. The van der Waals surface area contributed by atoms with Gasteiger partial charge in [-0.1, -0.05) is 13.3 Å². The molecule has 0 radical (unpaired) electrons. The molecule has 70 valence electrons. The van der Waals surface area contributed by atoms with Gasteiger partial charge in [0.05, 0.1) is 0 Å². The Balaban J connectivity index is 2.49. The number of carboxylic acid groups (broad SMARTS) is 1. The van der Waals surface area contributed by atoms with Crippen molar-refractivity contribution in [2.45, 2.75) is 38.6 Å². The van der Waals surface area contributed by atoms with Crippen LogP contribution in [-0.4, -0.2) is 23.2 Å². The number of hydrogen-bond donors (Lipinski definition) is 2. The van der Waals surface area contributed by atoms with Crippen molar-refractivity contribution < 1.29 is 9.90 Å². The highest BCUT2D eigenvalue weighted by Crippen LogP contribution is 2.27. The van der Waals surface area contributed by atoms with Crippen LogP contribution in [0.5, 0.6) is 0 Å². The van der Waals surface area contributed by atoms with E-state index in [1.54, 1.807) is 6.92 Å². The van der Waals surface area contributed by atoms with Gasteiger partial charge in [0, 0.05) is 0 Å². The van der Waals surface area contributed by atoms with Crippen molar-refractivity contribution in [1.29, 1.82) is 0 Å². The van der Waals surface area contributed by atoms with Crippen molar-refractivity contribution in [3.05, 3.63) is 0 Å². The minimum absolute atomic E-state index is 0.552. The largest absolute Gasteiger partial charge is 0.480 e. The van der Waals surface area contributed by atoms with Crippen LogP contribution < -0.4 is 5.32 Å². The molecular formula is C9H17NO2. The molecule has 0 aromatic rings. The van der Waals surface area contributed by atoms with Crippen molar-refractivity contribution in [2.24, 2.45) is 5.92 Å². The van der Waals surface area contributed by atoms with Gasteiger partial charge in [-0.25, -0.2) is 0 Å². The first-order valence-corrected chi connectivity index (χ1v) is 4.57. The lowest BCUT2D eigenvalue weighted by Gasteiger charge is -2.17. The van der Waals surface area contributed by atoms with Crippen LogP contribution in [0.4, 0.5) is 0 Å². The second-order valence-electron chi connectivity index (χ2n) is 3.88. The molecule has 1 heterocycles. The van der Waals surface area contributed by atoms with Crippen LogP contribution in [0.25, 0.3) is 0 Å². The van der Waals surface area contributed by atoms with Gasteiger partial charge in [0.25, 0.3) is 0 Å². The lowest BCUT2D eigenvalue weighted by atomic mass is 9.92. The summed E-state index contributed by atoms with van der Waals surface area (Å²) in [6.45, 7) is 4.76. The molecule has 1 aliphatic rings. The van der Waals surface area contributed by atoms with Crippen LogP contribution in [-0.2, 0) is 4.79 Å². The number of carboxylic acids is 1. The Morgan fingerprint density at radius 2 is 2.42 bits per heavy atom. The molecule has 1 rings (SSSR count). The zero-order chi connectivity index (χ0) is 9.19. The van der Waals surface area contributed by atoms with Crippen LogP contribution in [0.15, 0.2) is 0 Å². The average Bonchev–Trinajstić information content (AvgIpc) is 2.34. The normalized spacial score (nSPS) is 35.3. The minimum atomic E-state index is -0.721. The molecule has 0 aromatic carbocycles. The van der Waals surface area contributed by atoms with Gasteiger partial charge in [-0.3, -0.25) is 4.79 Å². The Kier molecular flexibility index (Phi) is 2.73. The van der Waals surface area contributed by atoms with E-state index < -0.39 is 11.5 Å². The molecule has 1 aliphatic heterocycles. The fraction of sp³-hybridized carbons (Fsp3) is 0.889. The Bertz CT molecular complexity index is 181. The highest BCUT2D eigenvalue weighted by atomic mass is 16.4. The highest BCUT2D eigenvalue weighted by molar-refractivity contribution is 5.78. The van der Waals surface area contributed by atoms with Gasteiger partial charge < -0.3 is 10.4 Å². The van der Waals surface area contributed by atoms with Crippen LogP contribution in [0.1, 0.15) is 33.1 Å². The van der Waals surface area contributed by atoms with Gasteiger partial charge in [0.1, 0.15) is 5.54 Å². The predicted molar refractivity (Wildman–Crippen MR) is 47.1 cm³/mol. The minimum Gasteiger partial charge on any atom is -0.480 e. The molecule has 2 unspecified atom stereocenters. The van der Waals surface area contributed by atoms with E-state index in [1.165, 1.54) is 0 Å². The van der Waals surface area contributed by atoms with E-state index in [4.69, 9.17) is 5.11 Å². The monoisotopic (exact) mass is 171 g/mol. The second kappa shape index (κ2) is 3.44. The van der Waals surface area contributed by atoms with Crippen LogP contribution in [0.2, 0.25) is 0 Å². The Labute approximate surface area is 73.2 Å². The molecule has 2 atom stereocenters. The molecule has 3 heteroatoms. The van der Waals surface area contributed by atoms with Crippen LogP contribution in [0, 0.1) is 5.92 Å². The van der Waals surface area contributed by atoms with Gasteiger partial charge in [-0.05, 0) is 32.2 Å². The van der Waals surface area contributed by atoms with E-state index in [1.807, 2.05) is 0 Å². The Morgan fingerprint density at radius 1 is 1.75 bits per heavy atom. The van der Waals surface area contributed by atoms with E-state index in [0.717, 1.165) is 25.8 Å². The lowest BCUT2D eigenvalue weighted by Crippen LogP contribution is -2.44. The van der Waals surface area contributed by atoms with Crippen molar-refractivity contribution >= 4 is 5.97 Å². The van der Waals surface area contributed by atoms with Gasteiger partial charge in [0.15, 0.2) is 0 Å². The molecule has 1 fully saturated rings. The number of hydrogen-bond acceptors (Lipinski definition) is 2. The maximum Gasteiger partial charge on any atom is 0.323 e. The summed E-state index contributed by atoms with van der Waals surface area (Å²) in [6, 6.07) is 0. The molecule has 2 N–H and O–H groups in total. The first-order valence-electron chi connectivity index (χ1n) is 4.57. The molecular weight excluding hydrogens is 154 g/mol. The summed E-state index contributed by atoms with van der Waals surface area (Å²) in [5.74, 6) is -0.169. The third-order valence-electron chi connectivity index (χ3n) is 2.65. The van der Waals surface area contributed by atoms with Crippen molar-refractivity contribution in [2.75, 3.05) is 6.54 Å². The zero-order valence-corrected chi connectivity index (χ0v) is 7.76. The van der Waals surface area contributed by atoms with E-state index in [-0.39, 0.29) is 0 Å². The fourth-order valence-electron chi connectivity index (χ4n) is 1.87. The molecule has 0 bridgehead atoms. The van der Waals surface area contributed by atoms with Crippen molar-refractivity contribution in [3.8, 4) is 0 Å². The zero-order valence-electron chi connectivity index (χ0n) is 7.76. The number of nitrogens with one attached hydrogen (secondary N) is 1. The topological polar surface area (TPSA) is 49.3 Å². The molecule has 12 heavy (non-hydrogen) atoms. The third-order valence-corrected chi connectivity index (χ3v) is 2.65. The lowest BCUT2D eigenvalue weighted by molar-refractivity contribution is -0.143. The van der Waals surface area contributed by atoms with Gasteiger partial charge in [-0.2, -0.15) is 0 Å². The first kappa shape index (κ1) is 9.52. The summed E-state index contributed by atoms with van der Waals surface area (Å²) in [7, 11) is 0. The van der Waals surface area contributed by atoms with Crippen LogP contribution in [0.3, 0.4) is 0 Å². The average molecular weight is 171 g/mol. The van der Waals surface area contributed by atoms with E-state index in [0.29, 0.717) is 5.92 Å². The first-order chi connectivity index (χ1) is 5.58. The summed E-state index contributed by atoms with van der Waals surface area (Å²) < 4.78 is 0. The number of carbonyl (C=O) groups is 1. The summed E-state index contributed by atoms with van der Waals surface area (Å²) >= 11 is 0. The number of rotatable bonds is 3. The quantitative estimate of drug-likeness (QED) is 0.671. The standard InChI is InChI=1S/C9H17NO2/c1-3-4-7-5-9(2,8(11)12)10-6-7/h7,10H,3-6H2,1-2H3,(H,11,12). The van der Waals surface area contributed by atoms with Crippen molar-refractivity contribution in [1.82, 2.24) is 5.32 Å². The molecule has 0 aromatic heterocycles. The van der Waals surface area contributed by atoms with Gasteiger partial charge >= 0.3 is 5.97 Å².